The van der Waals surface area contributed by atoms with Crippen molar-refractivity contribution in [3.63, 3.8) is 0 Å². The molecule has 1 N–H and O–H groups in total. The summed E-state index contributed by atoms with van der Waals surface area (Å²) in [7, 11) is 1.59. The molecule has 0 unspecified atom stereocenters. The number of hydrogen-bond donors (Lipinski definition) is 1. The minimum absolute atomic E-state index is 0.244. The van der Waals surface area contributed by atoms with Gasteiger partial charge in [-0.1, -0.05) is 26.0 Å². The summed E-state index contributed by atoms with van der Waals surface area (Å²) in [6, 6.07) is 4.21. The summed E-state index contributed by atoms with van der Waals surface area (Å²) < 4.78 is 32.9. The van der Waals surface area contributed by atoms with Crippen LogP contribution in [-0.4, -0.2) is 13.7 Å². The third-order valence-electron chi connectivity index (χ3n) is 3.79. The largest absolute Gasteiger partial charge is 0.501 e. The Balaban J connectivity index is 2.42. The van der Waals surface area contributed by atoms with Crippen molar-refractivity contribution in [1.29, 1.82) is 0 Å². The van der Waals surface area contributed by atoms with Gasteiger partial charge >= 0.3 is 0 Å². The van der Waals surface area contributed by atoms with Crippen LogP contribution in [0, 0.1) is 17.6 Å². The molecule has 0 heterocycles. The Morgan fingerprint density at radius 1 is 1.26 bits per heavy atom. The molecule has 1 aromatic rings. The van der Waals surface area contributed by atoms with Crippen molar-refractivity contribution in [3.05, 3.63) is 64.6 Å². The van der Waals surface area contributed by atoms with Gasteiger partial charge in [-0.3, -0.25) is 0 Å². The minimum Gasteiger partial charge on any atom is -0.501 e. The van der Waals surface area contributed by atoms with Gasteiger partial charge in [0.15, 0.2) is 11.6 Å². The first-order chi connectivity index (χ1) is 10.9. The summed E-state index contributed by atoms with van der Waals surface area (Å²) in [6.45, 7) is 7.12. The number of methoxy groups -OCH3 is 1. The zero-order chi connectivity index (χ0) is 17.0. The maximum Gasteiger partial charge on any atom is 0.166 e. The SMILES string of the molecule is COC1=CC(c2cccc(F)c2F)=C/C(=C(/C)NCC(C)C)C1. The van der Waals surface area contributed by atoms with Crippen molar-refractivity contribution >= 4 is 5.57 Å². The predicted octanol–water partition coefficient (Wildman–Crippen LogP) is 4.80. The zero-order valence-corrected chi connectivity index (χ0v) is 14.0. The highest BCUT2D eigenvalue weighted by atomic mass is 19.2. The lowest BCUT2D eigenvalue weighted by atomic mass is 9.93. The molecule has 1 aliphatic rings. The van der Waals surface area contributed by atoms with Gasteiger partial charge in [0.1, 0.15) is 5.76 Å². The fourth-order valence-corrected chi connectivity index (χ4v) is 2.42. The molecule has 2 nitrogen and oxygen atoms in total. The summed E-state index contributed by atoms with van der Waals surface area (Å²) in [5, 5.41) is 3.38. The van der Waals surface area contributed by atoms with Crippen LogP contribution >= 0.6 is 0 Å². The molecule has 124 valence electrons. The van der Waals surface area contributed by atoms with E-state index in [-0.39, 0.29) is 5.56 Å². The molecule has 0 saturated heterocycles. The van der Waals surface area contributed by atoms with E-state index in [0.717, 1.165) is 29.6 Å². The van der Waals surface area contributed by atoms with E-state index < -0.39 is 11.6 Å². The highest BCUT2D eigenvalue weighted by Crippen LogP contribution is 2.31. The van der Waals surface area contributed by atoms with Crippen molar-refractivity contribution in [2.75, 3.05) is 13.7 Å². The van der Waals surface area contributed by atoms with Gasteiger partial charge in [0, 0.05) is 24.2 Å². The predicted molar refractivity (Wildman–Crippen MR) is 89.6 cm³/mol. The second-order valence-electron chi connectivity index (χ2n) is 6.12. The van der Waals surface area contributed by atoms with Crippen LogP contribution in [0.5, 0.6) is 0 Å². The lowest BCUT2D eigenvalue weighted by Crippen LogP contribution is -2.19. The Morgan fingerprint density at radius 2 is 2.00 bits per heavy atom. The van der Waals surface area contributed by atoms with Gasteiger partial charge in [-0.25, -0.2) is 8.78 Å². The molecule has 0 fully saturated rings. The molecule has 2 rings (SSSR count). The van der Waals surface area contributed by atoms with Gasteiger partial charge in [-0.05, 0) is 42.2 Å². The van der Waals surface area contributed by atoms with E-state index >= 15 is 0 Å². The second kappa shape index (κ2) is 7.44. The van der Waals surface area contributed by atoms with Crippen molar-refractivity contribution in [1.82, 2.24) is 5.32 Å². The Morgan fingerprint density at radius 3 is 2.65 bits per heavy atom. The van der Waals surface area contributed by atoms with Gasteiger partial charge in [0.05, 0.1) is 7.11 Å². The Labute approximate surface area is 136 Å². The van der Waals surface area contributed by atoms with Crippen LogP contribution in [-0.2, 0) is 4.74 Å². The van der Waals surface area contributed by atoms with Crippen LogP contribution in [0.25, 0.3) is 5.57 Å². The number of rotatable bonds is 5. The fourth-order valence-electron chi connectivity index (χ4n) is 2.42. The van der Waals surface area contributed by atoms with Crippen LogP contribution in [0.4, 0.5) is 8.78 Å². The number of halogens is 2. The molecule has 0 spiro atoms. The number of hydrogen-bond acceptors (Lipinski definition) is 2. The first kappa shape index (κ1) is 17.3. The normalized spacial score (nSPS) is 16.8. The number of ether oxygens (including phenoxy) is 1. The van der Waals surface area contributed by atoms with E-state index in [2.05, 4.69) is 19.2 Å². The molecule has 1 aromatic carbocycles. The van der Waals surface area contributed by atoms with Crippen LogP contribution in [0.3, 0.4) is 0 Å². The minimum atomic E-state index is -0.846. The molecular weight excluding hydrogens is 296 g/mol. The molecule has 0 saturated carbocycles. The molecule has 0 aromatic heterocycles. The maximum atomic E-state index is 14.1. The molecule has 0 amide bonds. The second-order valence-corrected chi connectivity index (χ2v) is 6.12. The summed E-state index contributed by atoms with van der Waals surface area (Å²) in [4.78, 5) is 0. The van der Waals surface area contributed by atoms with E-state index in [4.69, 9.17) is 4.74 Å². The van der Waals surface area contributed by atoms with Gasteiger partial charge in [-0.2, -0.15) is 0 Å². The summed E-state index contributed by atoms with van der Waals surface area (Å²) in [5.74, 6) is -0.427. The number of benzene rings is 1. The quantitative estimate of drug-likeness (QED) is 0.841. The third kappa shape index (κ3) is 4.21. The van der Waals surface area contributed by atoms with E-state index in [9.17, 15) is 8.78 Å². The molecule has 1 aliphatic carbocycles. The summed E-state index contributed by atoms with van der Waals surface area (Å²) in [5.41, 5.74) is 2.90. The van der Waals surface area contributed by atoms with E-state index in [1.54, 1.807) is 19.3 Å². The van der Waals surface area contributed by atoms with Gasteiger partial charge in [0.2, 0.25) is 0 Å². The topological polar surface area (TPSA) is 21.3 Å². The van der Waals surface area contributed by atoms with Crippen molar-refractivity contribution < 1.29 is 13.5 Å². The van der Waals surface area contributed by atoms with Crippen LogP contribution in [0.15, 0.2) is 47.4 Å². The van der Waals surface area contributed by atoms with Crippen LogP contribution in [0.2, 0.25) is 0 Å². The average Bonchev–Trinajstić information content (AvgIpc) is 2.54. The lowest BCUT2D eigenvalue weighted by molar-refractivity contribution is 0.283. The standard InChI is InChI=1S/C19H23F2NO/c1-12(2)11-22-13(3)14-8-15(10-16(9-14)23-4)17-6-5-7-18(20)19(17)21/h5-8,10,12,22H,9,11H2,1-4H3/b14-13+. The van der Waals surface area contributed by atoms with Crippen LogP contribution < -0.4 is 5.32 Å². The van der Waals surface area contributed by atoms with E-state index in [0.29, 0.717) is 17.9 Å². The highest BCUT2D eigenvalue weighted by molar-refractivity contribution is 5.78. The Kier molecular flexibility index (Phi) is 5.59. The molecule has 4 heteroatoms. The smallest absolute Gasteiger partial charge is 0.166 e. The first-order valence-corrected chi connectivity index (χ1v) is 7.76. The van der Waals surface area contributed by atoms with Gasteiger partial charge < -0.3 is 10.1 Å². The Bertz CT molecular complexity index is 672. The van der Waals surface area contributed by atoms with E-state index in [1.165, 1.54) is 6.07 Å². The first-order valence-electron chi connectivity index (χ1n) is 7.76. The van der Waals surface area contributed by atoms with Crippen LogP contribution in [0.1, 0.15) is 32.8 Å². The van der Waals surface area contributed by atoms with Crippen molar-refractivity contribution in [2.45, 2.75) is 27.2 Å². The average molecular weight is 319 g/mol. The summed E-state index contributed by atoms with van der Waals surface area (Å²) >= 11 is 0. The van der Waals surface area contributed by atoms with Crippen molar-refractivity contribution in [2.24, 2.45) is 5.92 Å². The lowest BCUT2D eigenvalue weighted by Gasteiger charge is -2.20. The molecule has 23 heavy (non-hydrogen) atoms. The molecular formula is C19H23F2NO. The van der Waals surface area contributed by atoms with Gasteiger partial charge in [0.25, 0.3) is 0 Å². The molecule has 0 atom stereocenters. The van der Waals surface area contributed by atoms with Gasteiger partial charge in [-0.15, -0.1) is 0 Å². The zero-order valence-electron chi connectivity index (χ0n) is 14.0. The van der Waals surface area contributed by atoms with Crippen molar-refractivity contribution in [3.8, 4) is 0 Å². The maximum absolute atomic E-state index is 14.1. The number of allylic oxidation sites excluding steroid dienone is 5. The highest BCUT2D eigenvalue weighted by Gasteiger charge is 2.17. The molecule has 0 bridgehead atoms. The summed E-state index contributed by atoms with van der Waals surface area (Å²) in [6.07, 6.45) is 4.29. The monoisotopic (exact) mass is 319 g/mol. The molecule has 0 aliphatic heterocycles. The fraction of sp³-hybridized carbons (Fsp3) is 0.368. The van der Waals surface area contributed by atoms with E-state index in [1.807, 2.05) is 13.0 Å². The molecule has 0 radical (unpaired) electrons. The Hall–Kier alpha value is -2.10. The third-order valence-corrected chi connectivity index (χ3v) is 3.79. The number of nitrogens with one attached hydrogen (secondary N) is 1.